The Labute approximate surface area is 161 Å². The molecule has 1 aromatic rings. The van der Waals surface area contributed by atoms with Crippen molar-refractivity contribution in [2.75, 3.05) is 32.8 Å². The smallest absolute Gasteiger partial charge is 0.191 e. The molecule has 2 N–H and O–H groups in total. The summed E-state index contributed by atoms with van der Waals surface area (Å²) >= 11 is 1.80. The molecule has 1 fully saturated rings. The van der Waals surface area contributed by atoms with Crippen LogP contribution < -0.4 is 10.6 Å². The minimum absolute atomic E-state index is 0. The molecule has 4 nitrogen and oxygen atoms in total. The Morgan fingerprint density at radius 3 is 2.78 bits per heavy atom. The Bertz CT molecular complexity index is 458. The predicted molar refractivity (Wildman–Crippen MR) is 110 cm³/mol. The van der Waals surface area contributed by atoms with Gasteiger partial charge in [-0.05, 0) is 37.1 Å². The number of hydrogen-bond acceptors (Lipinski definition) is 3. The molecule has 0 aromatic carbocycles. The highest BCUT2D eigenvalue weighted by Crippen LogP contribution is 2.28. The highest BCUT2D eigenvalue weighted by atomic mass is 127. The molecule has 0 atom stereocenters. The zero-order chi connectivity index (χ0) is 15.8. The number of guanidine groups is 1. The molecule has 1 aliphatic carbocycles. The Morgan fingerprint density at radius 2 is 2.17 bits per heavy atom. The van der Waals surface area contributed by atoms with Crippen LogP contribution in [-0.2, 0) is 10.2 Å². The van der Waals surface area contributed by atoms with E-state index in [0.29, 0.717) is 0 Å². The Hall–Kier alpha value is -0.340. The molecule has 0 aliphatic heterocycles. The van der Waals surface area contributed by atoms with Gasteiger partial charge in [-0.3, -0.25) is 4.99 Å². The second-order valence-electron chi connectivity index (χ2n) is 6.50. The molecule has 1 aromatic heterocycles. The molecule has 0 amide bonds. The zero-order valence-corrected chi connectivity index (χ0v) is 17.6. The van der Waals surface area contributed by atoms with Crippen LogP contribution in [0.15, 0.2) is 22.5 Å². The summed E-state index contributed by atoms with van der Waals surface area (Å²) < 4.78 is 5.65. The van der Waals surface area contributed by atoms with E-state index in [9.17, 15) is 0 Å². The van der Waals surface area contributed by atoms with E-state index in [4.69, 9.17) is 9.73 Å². The third kappa shape index (κ3) is 7.85. The number of thiophene rings is 1. The maximum Gasteiger partial charge on any atom is 0.191 e. The molecular weight excluding hydrogens is 421 g/mol. The van der Waals surface area contributed by atoms with Crippen LogP contribution in [-0.4, -0.2) is 38.8 Å². The van der Waals surface area contributed by atoms with E-state index in [-0.39, 0.29) is 29.4 Å². The van der Waals surface area contributed by atoms with Crippen molar-refractivity contribution in [1.29, 1.82) is 0 Å². The average Bonchev–Trinajstić information content (AvgIpc) is 3.14. The minimum Gasteiger partial charge on any atom is -0.379 e. The normalized spacial score (nSPS) is 15.2. The van der Waals surface area contributed by atoms with Crippen molar-refractivity contribution in [3.8, 4) is 0 Å². The number of ether oxygens (including phenoxy) is 1. The van der Waals surface area contributed by atoms with Gasteiger partial charge < -0.3 is 15.4 Å². The molecule has 132 valence electrons. The SMILES string of the molecule is CCNC(=NCC(C)(C)c1cccs1)NCCOCC1CC1.I. The molecule has 23 heavy (non-hydrogen) atoms. The summed E-state index contributed by atoms with van der Waals surface area (Å²) in [5.41, 5.74) is 0.0684. The molecule has 0 bridgehead atoms. The van der Waals surface area contributed by atoms with Crippen molar-refractivity contribution in [1.82, 2.24) is 10.6 Å². The van der Waals surface area contributed by atoms with Crippen LogP contribution in [0.1, 0.15) is 38.5 Å². The Balaban J connectivity index is 0.00000264. The molecule has 0 unspecified atom stereocenters. The first kappa shape index (κ1) is 20.7. The maximum absolute atomic E-state index is 5.65. The number of hydrogen-bond donors (Lipinski definition) is 2. The van der Waals surface area contributed by atoms with E-state index in [1.807, 2.05) is 0 Å². The summed E-state index contributed by atoms with van der Waals surface area (Å²) in [5.74, 6) is 1.70. The summed E-state index contributed by atoms with van der Waals surface area (Å²) in [6, 6.07) is 4.29. The lowest BCUT2D eigenvalue weighted by molar-refractivity contribution is 0.129. The van der Waals surface area contributed by atoms with Gasteiger partial charge in [-0.1, -0.05) is 19.9 Å². The van der Waals surface area contributed by atoms with Gasteiger partial charge in [0.05, 0.1) is 13.2 Å². The topological polar surface area (TPSA) is 45.7 Å². The number of halogens is 1. The van der Waals surface area contributed by atoms with Gasteiger partial charge in [0, 0.05) is 30.0 Å². The van der Waals surface area contributed by atoms with E-state index in [2.05, 4.69) is 48.9 Å². The van der Waals surface area contributed by atoms with Gasteiger partial charge in [0.2, 0.25) is 0 Å². The second kappa shape index (κ2) is 10.5. The molecule has 1 aliphatic rings. The van der Waals surface area contributed by atoms with E-state index in [1.165, 1.54) is 17.7 Å². The third-order valence-electron chi connectivity index (χ3n) is 3.75. The zero-order valence-electron chi connectivity index (χ0n) is 14.4. The molecule has 2 rings (SSSR count). The van der Waals surface area contributed by atoms with Gasteiger partial charge in [-0.25, -0.2) is 0 Å². The first-order valence-corrected chi connectivity index (χ1v) is 9.13. The summed E-state index contributed by atoms with van der Waals surface area (Å²) in [6.07, 6.45) is 2.69. The van der Waals surface area contributed by atoms with Gasteiger partial charge in [0.25, 0.3) is 0 Å². The molecular formula is C17H30IN3OS. The standard InChI is InChI=1S/C17H29N3OS.HI/c1-4-18-16(19-9-10-21-12-14-7-8-14)20-13-17(2,3)15-6-5-11-22-15;/h5-6,11,14H,4,7-10,12-13H2,1-3H3,(H2,18,19,20);1H. The lowest BCUT2D eigenvalue weighted by Crippen LogP contribution is -2.40. The van der Waals surface area contributed by atoms with Gasteiger partial charge in [-0.15, -0.1) is 35.3 Å². The van der Waals surface area contributed by atoms with Crippen molar-refractivity contribution in [2.45, 2.75) is 39.0 Å². The van der Waals surface area contributed by atoms with Crippen LogP contribution in [0.3, 0.4) is 0 Å². The Morgan fingerprint density at radius 1 is 1.39 bits per heavy atom. The van der Waals surface area contributed by atoms with E-state index in [1.54, 1.807) is 11.3 Å². The number of nitrogens with one attached hydrogen (secondary N) is 2. The van der Waals surface area contributed by atoms with Crippen LogP contribution in [0.5, 0.6) is 0 Å². The van der Waals surface area contributed by atoms with Crippen LogP contribution in [0.4, 0.5) is 0 Å². The summed E-state index contributed by atoms with van der Waals surface area (Å²) in [7, 11) is 0. The van der Waals surface area contributed by atoms with Crippen molar-refractivity contribution in [3.05, 3.63) is 22.4 Å². The number of aliphatic imine (C=N–C) groups is 1. The highest BCUT2D eigenvalue weighted by Gasteiger charge is 2.22. The van der Waals surface area contributed by atoms with Gasteiger partial charge in [-0.2, -0.15) is 0 Å². The molecule has 0 spiro atoms. The van der Waals surface area contributed by atoms with E-state index < -0.39 is 0 Å². The predicted octanol–water partition coefficient (Wildman–Crippen LogP) is 3.63. The van der Waals surface area contributed by atoms with Crippen LogP contribution in [0.25, 0.3) is 0 Å². The average molecular weight is 451 g/mol. The quantitative estimate of drug-likeness (QED) is 0.261. The lowest BCUT2D eigenvalue weighted by atomic mass is 9.92. The monoisotopic (exact) mass is 451 g/mol. The van der Waals surface area contributed by atoms with Gasteiger partial charge in [0.15, 0.2) is 5.96 Å². The lowest BCUT2D eigenvalue weighted by Gasteiger charge is -2.21. The number of rotatable bonds is 9. The van der Waals surface area contributed by atoms with E-state index >= 15 is 0 Å². The molecule has 6 heteroatoms. The molecule has 1 saturated carbocycles. The van der Waals surface area contributed by atoms with Crippen LogP contribution in [0.2, 0.25) is 0 Å². The van der Waals surface area contributed by atoms with Crippen molar-refractivity contribution in [3.63, 3.8) is 0 Å². The summed E-state index contributed by atoms with van der Waals surface area (Å²) in [4.78, 5) is 6.11. The highest BCUT2D eigenvalue weighted by molar-refractivity contribution is 14.0. The largest absolute Gasteiger partial charge is 0.379 e. The first-order chi connectivity index (χ1) is 10.6. The van der Waals surface area contributed by atoms with Gasteiger partial charge >= 0.3 is 0 Å². The number of nitrogens with zero attached hydrogens (tertiary/aromatic N) is 1. The molecule has 0 radical (unpaired) electrons. The third-order valence-corrected chi connectivity index (χ3v) is 4.99. The van der Waals surface area contributed by atoms with Crippen molar-refractivity contribution < 1.29 is 4.74 Å². The fourth-order valence-corrected chi connectivity index (χ4v) is 2.98. The second-order valence-corrected chi connectivity index (χ2v) is 7.45. The summed E-state index contributed by atoms with van der Waals surface area (Å²) in [6.45, 7) is 10.7. The summed E-state index contributed by atoms with van der Waals surface area (Å²) in [5, 5.41) is 8.78. The minimum atomic E-state index is 0. The van der Waals surface area contributed by atoms with Crippen molar-refractivity contribution in [2.24, 2.45) is 10.9 Å². The Kier molecular flexibility index (Phi) is 9.46. The van der Waals surface area contributed by atoms with Crippen LogP contribution in [0, 0.1) is 5.92 Å². The van der Waals surface area contributed by atoms with Crippen molar-refractivity contribution >= 4 is 41.3 Å². The molecule has 1 heterocycles. The van der Waals surface area contributed by atoms with E-state index in [0.717, 1.165) is 44.7 Å². The van der Waals surface area contributed by atoms with Gasteiger partial charge in [0.1, 0.15) is 0 Å². The maximum atomic E-state index is 5.65. The first-order valence-electron chi connectivity index (χ1n) is 8.25. The van der Waals surface area contributed by atoms with Crippen LogP contribution >= 0.6 is 35.3 Å². The fourth-order valence-electron chi connectivity index (χ4n) is 2.14. The molecule has 0 saturated heterocycles. The fraction of sp³-hybridized carbons (Fsp3) is 0.706.